The molecule has 0 bridgehead atoms. The zero-order valence-electron chi connectivity index (χ0n) is 17.8. The van der Waals surface area contributed by atoms with Gasteiger partial charge in [-0.25, -0.2) is 4.98 Å². The van der Waals surface area contributed by atoms with Gasteiger partial charge in [-0.3, -0.25) is 19.2 Å². The largest absolute Gasteiger partial charge is 0.435 e. The second-order valence-electron chi connectivity index (χ2n) is 8.46. The fourth-order valence-corrected chi connectivity index (χ4v) is 5.77. The molecule has 1 aliphatic heterocycles. The van der Waals surface area contributed by atoms with Crippen LogP contribution in [0.15, 0.2) is 17.1 Å². The van der Waals surface area contributed by atoms with Crippen LogP contribution < -0.4 is 5.56 Å². The number of halogens is 3. The third-order valence-electron chi connectivity index (χ3n) is 6.20. The number of hydrogen-bond acceptors (Lipinski definition) is 6. The standard InChI is InChI=1S/C21H23F3N6O2S/c22-21(23,24)15-5-6-30(27-15)12-17(31)29-9-7-28(8-10-29)11-16-25-19(32)18-13-3-1-2-4-14(13)33-20(18)26-16/h5-6H,1-4,7-12H2,(H,25,26,32). The molecule has 0 atom stereocenters. The Hall–Kier alpha value is -2.73. The smallest absolute Gasteiger partial charge is 0.339 e. The van der Waals surface area contributed by atoms with Crippen molar-refractivity contribution in [1.82, 2.24) is 29.5 Å². The molecule has 0 radical (unpaired) electrons. The Labute approximate surface area is 191 Å². The molecule has 1 saturated heterocycles. The number of thiophene rings is 1. The van der Waals surface area contributed by atoms with E-state index in [1.165, 1.54) is 4.88 Å². The molecule has 1 aliphatic carbocycles. The summed E-state index contributed by atoms with van der Waals surface area (Å²) in [6.45, 7) is 2.31. The summed E-state index contributed by atoms with van der Waals surface area (Å²) in [5.74, 6) is 0.339. The number of carbonyl (C=O) groups is 1. The first-order valence-electron chi connectivity index (χ1n) is 10.9. The van der Waals surface area contributed by atoms with Crippen LogP contribution in [-0.2, 0) is 36.9 Å². The van der Waals surface area contributed by atoms with Crippen molar-refractivity contribution >= 4 is 27.5 Å². The summed E-state index contributed by atoms with van der Waals surface area (Å²) >= 11 is 1.62. The third-order valence-corrected chi connectivity index (χ3v) is 7.39. The lowest BCUT2D eigenvalue weighted by Crippen LogP contribution is -2.49. The molecular formula is C21H23F3N6O2S. The second kappa shape index (κ2) is 8.56. The molecule has 12 heteroatoms. The highest BCUT2D eigenvalue weighted by molar-refractivity contribution is 7.18. The van der Waals surface area contributed by atoms with E-state index in [1.54, 1.807) is 16.2 Å². The first kappa shape index (κ1) is 22.1. The molecule has 176 valence electrons. The SMILES string of the molecule is O=C(Cn1ccc(C(F)(F)F)n1)N1CCN(Cc2nc3sc4c(c3c(=O)[nH]2)CCCC4)CC1. The molecule has 5 rings (SSSR count). The summed E-state index contributed by atoms with van der Waals surface area (Å²) in [7, 11) is 0. The molecule has 1 N–H and O–H groups in total. The van der Waals surface area contributed by atoms with E-state index >= 15 is 0 Å². The summed E-state index contributed by atoms with van der Waals surface area (Å²) < 4.78 is 39.1. The molecule has 3 aromatic heterocycles. The van der Waals surface area contributed by atoms with E-state index in [1.807, 2.05) is 0 Å². The van der Waals surface area contributed by atoms with Crippen molar-refractivity contribution in [3.63, 3.8) is 0 Å². The topological polar surface area (TPSA) is 87.1 Å². The minimum atomic E-state index is -4.53. The van der Waals surface area contributed by atoms with Crippen LogP contribution in [0.25, 0.3) is 10.2 Å². The van der Waals surface area contributed by atoms with Gasteiger partial charge in [-0.15, -0.1) is 11.3 Å². The van der Waals surface area contributed by atoms with Gasteiger partial charge in [0.2, 0.25) is 5.91 Å². The Bertz CT molecular complexity index is 1240. The van der Waals surface area contributed by atoms with Gasteiger partial charge in [-0.2, -0.15) is 18.3 Å². The van der Waals surface area contributed by atoms with Crippen LogP contribution in [0, 0.1) is 0 Å². The summed E-state index contributed by atoms with van der Waals surface area (Å²) in [4.78, 5) is 38.6. The molecule has 4 heterocycles. The van der Waals surface area contributed by atoms with Crippen molar-refractivity contribution in [3.05, 3.63) is 44.6 Å². The number of nitrogens with one attached hydrogen (secondary N) is 1. The second-order valence-corrected chi connectivity index (χ2v) is 9.54. The van der Waals surface area contributed by atoms with Crippen molar-refractivity contribution < 1.29 is 18.0 Å². The number of carbonyl (C=O) groups excluding carboxylic acids is 1. The molecule has 1 amide bonds. The number of aryl methyl sites for hydroxylation is 2. The molecule has 33 heavy (non-hydrogen) atoms. The highest BCUT2D eigenvalue weighted by atomic mass is 32.1. The van der Waals surface area contributed by atoms with Crippen molar-refractivity contribution in [2.24, 2.45) is 0 Å². The van der Waals surface area contributed by atoms with Gasteiger partial charge in [0.25, 0.3) is 5.56 Å². The van der Waals surface area contributed by atoms with Gasteiger partial charge in [0.1, 0.15) is 17.2 Å². The minimum absolute atomic E-state index is 0.0827. The summed E-state index contributed by atoms with van der Waals surface area (Å²) in [5.41, 5.74) is 0.0686. The number of aromatic nitrogens is 4. The summed E-state index contributed by atoms with van der Waals surface area (Å²) in [6, 6.07) is 0.861. The lowest BCUT2D eigenvalue weighted by atomic mass is 9.97. The van der Waals surface area contributed by atoms with Crippen LogP contribution in [0.1, 0.15) is 34.8 Å². The fourth-order valence-electron chi connectivity index (χ4n) is 4.49. The van der Waals surface area contributed by atoms with Gasteiger partial charge in [0.05, 0.1) is 11.9 Å². The number of alkyl halides is 3. The Balaban J connectivity index is 1.19. The number of piperazine rings is 1. The Morgan fingerprint density at radius 3 is 2.64 bits per heavy atom. The molecule has 8 nitrogen and oxygen atoms in total. The van der Waals surface area contributed by atoms with Gasteiger partial charge >= 0.3 is 6.18 Å². The average Bonchev–Trinajstić information content (AvgIpc) is 3.38. The first-order valence-corrected chi connectivity index (χ1v) is 11.7. The molecule has 0 spiro atoms. The minimum Gasteiger partial charge on any atom is -0.339 e. The van der Waals surface area contributed by atoms with E-state index in [0.29, 0.717) is 38.5 Å². The van der Waals surface area contributed by atoms with Gasteiger partial charge in [0, 0.05) is 37.3 Å². The first-order chi connectivity index (χ1) is 15.8. The summed E-state index contributed by atoms with van der Waals surface area (Å²) in [5, 5.41) is 4.17. The van der Waals surface area contributed by atoms with E-state index in [2.05, 4.69) is 15.0 Å². The monoisotopic (exact) mass is 480 g/mol. The van der Waals surface area contributed by atoms with Gasteiger partial charge in [0.15, 0.2) is 5.69 Å². The van der Waals surface area contributed by atoms with Crippen LogP contribution in [0.4, 0.5) is 13.2 Å². The van der Waals surface area contributed by atoms with Crippen molar-refractivity contribution in [3.8, 4) is 0 Å². The number of nitrogens with zero attached hydrogens (tertiary/aromatic N) is 5. The van der Waals surface area contributed by atoms with Crippen LogP contribution >= 0.6 is 11.3 Å². The van der Waals surface area contributed by atoms with Crippen LogP contribution in [0.5, 0.6) is 0 Å². The normalized spacial score (nSPS) is 17.5. The van der Waals surface area contributed by atoms with E-state index in [4.69, 9.17) is 4.98 Å². The third kappa shape index (κ3) is 4.54. The van der Waals surface area contributed by atoms with Gasteiger partial charge in [-0.05, 0) is 37.3 Å². The maximum absolute atomic E-state index is 12.7. The average molecular weight is 481 g/mol. The number of hydrogen-bond donors (Lipinski definition) is 1. The lowest BCUT2D eigenvalue weighted by Gasteiger charge is -2.34. The molecule has 1 fully saturated rings. The van der Waals surface area contributed by atoms with E-state index in [9.17, 15) is 22.8 Å². The zero-order valence-corrected chi connectivity index (χ0v) is 18.6. The highest BCUT2D eigenvalue weighted by Gasteiger charge is 2.34. The fraction of sp³-hybridized carbons (Fsp3) is 0.524. The van der Waals surface area contributed by atoms with Gasteiger partial charge in [-0.1, -0.05) is 0 Å². The Morgan fingerprint density at radius 1 is 1.15 bits per heavy atom. The van der Waals surface area contributed by atoms with E-state index in [-0.39, 0.29) is 18.0 Å². The molecule has 0 saturated carbocycles. The quantitative estimate of drug-likeness (QED) is 0.620. The van der Waals surface area contributed by atoms with Crippen LogP contribution in [0.3, 0.4) is 0 Å². The molecule has 0 aromatic carbocycles. The predicted octanol–water partition coefficient (Wildman–Crippen LogP) is 2.42. The molecular weight excluding hydrogens is 457 g/mol. The number of fused-ring (bicyclic) bond motifs is 3. The van der Waals surface area contributed by atoms with Crippen molar-refractivity contribution in [2.75, 3.05) is 26.2 Å². The zero-order chi connectivity index (χ0) is 23.2. The maximum atomic E-state index is 12.7. The number of aromatic amines is 1. The molecule has 3 aromatic rings. The summed E-state index contributed by atoms with van der Waals surface area (Å²) in [6.07, 6.45) is 0.838. The van der Waals surface area contributed by atoms with E-state index in [0.717, 1.165) is 58.4 Å². The molecule has 2 aliphatic rings. The predicted molar refractivity (Wildman–Crippen MR) is 116 cm³/mol. The van der Waals surface area contributed by atoms with Gasteiger partial charge < -0.3 is 9.88 Å². The van der Waals surface area contributed by atoms with Crippen molar-refractivity contribution in [1.29, 1.82) is 0 Å². The Morgan fingerprint density at radius 2 is 1.91 bits per heavy atom. The lowest BCUT2D eigenvalue weighted by molar-refractivity contribution is -0.142. The molecule has 0 unspecified atom stereocenters. The number of rotatable bonds is 4. The Kier molecular flexibility index (Phi) is 5.73. The van der Waals surface area contributed by atoms with Crippen LogP contribution in [-0.4, -0.2) is 61.6 Å². The number of H-pyrrole nitrogens is 1. The van der Waals surface area contributed by atoms with E-state index < -0.39 is 11.9 Å². The maximum Gasteiger partial charge on any atom is 0.435 e. The van der Waals surface area contributed by atoms with Crippen molar-refractivity contribution in [2.45, 2.75) is 44.9 Å². The number of amides is 1. The van der Waals surface area contributed by atoms with Crippen LogP contribution in [0.2, 0.25) is 0 Å². The highest BCUT2D eigenvalue weighted by Crippen LogP contribution is 2.33.